The van der Waals surface area contributed by atoms with Crippen LogP contribution in [0.25, 0.3) is 32.7 Å². The Labute approximate surface area is 202 Å². The van der Waals surface area contributed by atoms with Crippen LogP contribution in [-0.4, -0.2) is 61.9 Å². The minimum Gasteiger partial charge on any atom is -0.446 e. The maximum absolute atomic E-state index is 12.9. The topological polar surface area (TPSA) is 29.5 Å². The molecule has 0 aliphatic carbocycles. The normalized spacial score (nSPS) is 16.5. The summed E-state index contributed by atoms with van der Waals surface area (Å²) in [5, 5.41) is 4.91. The molecule has 1 heterocycles. The highest BCUT2D eigenvalue weighted by Gasteiger charge is 2.29. The Morgan fingerprint density at radius 3 is 1.88 bits per heavy atom. The van der Waals surface area contributed by atoms with Gasteiger partial charge in [-0.25, -0.2) is 4.79 Å². The monoisotopic (exact) mass is 453 g/mol. The first kappa shape index (κ1) is 22.4. The summed E-state index contributed by atoms with van der Waals surface area (Å²) in [4.78, 5) is 14.7. The molecular formula is C30H33N2O2+. The Balaban J connectivity index is 1.50. The Morgan fingerprint density at radius 1 is 0.824 bits per heavy atom. The summed E-state index contributed by atoms with van der Waals surface area (Å²) in [5.74, 6) is 0. The molecule has 5 rings (SSSR count). The van der Waals surface area contributed by atoms with Gasteiger partial charge < -0.3 is 9.22 Å². The van der Waals surface area contributed by atoms with Gasteiger partial charge in [-0.3, -0.25) is 4.90 Å². The first-order valence-corrected chi connectivity index (χ1v) is 12.2. The maximum atomic E-state index is 12.9. The van der Waals surface area contributed by atoms with E-state index in [0.717, 1.165) is 30.7 Å². The first-order valence-electron chi connectivity index (χ1n) is 12.2. The SMILES string of the molecule is C[C@@H](Cc1c2ccccc2c(-c2ccccc2)c2ccccc12)OC(=O)N1CC[N+](C)(C)CC1. The minimum atomic E-state index is -0.216. The van der Waals surface area contributed by atoms with Crippen molar-refractivity contribution >= 4 is 27.6 Å². The van der Waals surface area contributed by atoms with Crippen LogP contribution in [-0.2, 0) is 11.2 Å². The predicted octanol–water partition coefficient (Wildman–Crippen LogP) is 6.12. The van der Waals surface area contributed by atoms with Crippen molar-refractivity contribution in [2.75, 3.05) is 40.3 Å². The third-order valence-corrected chi connectivity index (χ3v) is 7.11. The van der Waals surface area contributed by atoms with Gasteiger partial charge in [0.1, 0.15) is 6.10 Å². The van der Waals surface area contributed by atoms with Crippen molar-refractivity contribution in [3.05, 3.63) is 84.4 Å². The van der Waals surface area contributed by atoms with Crippen molar-refractivity contribution in [3.63, 3.8) is 0 Å². The fraction of sp³-hybridized carbons (Fsp3) is 0.300. The fourth-order valence-corrected chi connectivity index (χ4v) is 5.12. The molecule has 34 heavy (non-hydrogen) atoms. The number of piperazine rings is 1. The van der Waals surface area contributed by atoms with E-state index in [2.05, 4.69) is 93.0 Å². The van der Waals surface area contributed by atoms with E-state index in [1.54, 1.807) is 0 Å². The third-order valence-electron chi connectivity index (χ3n) is 7.11. The Hall–Kier alpha value is -3.37. The second-order valence-corrected chi connectivity index (χ2v) is 10.1. The van der Waals surface area contributed by atoms with Crippen molar-refractivity contribution in [1.82, 2.24) is 4.90 Å². The number of ether oxygens (including phenoxy) is 1. The molecule has 0 spiro atoms. The molecule has 174 valence electrons. The average Bonchev–Trinajstić information content (AvgIpc) is 2.84. The molecule has 0 saturated carbocycles. The van der Waals surface area contributed by atoms with Crippen LogP contribution in [0.5, 0.6) is 0 Å². The number of carbonyl (C=O) groups is 1. The zero-order chi connectivity index (χ0) is 23.7. The van der Waals surface area contributed by atoms with Gasteiger partial charge in [-0.1, -0.05) is 78.9 Å². The number of hydrogen-bond donors (Lipinski definition) is 0. The highest BCUT2D eigenvalue weighted by atomic mass is 16.6. The zero-order valence-electron chi connectivity index (χ0n) is 20.3. The van der Waals surface area contributed by atoms with Gasteiger partial charge in [0.05, 0.1) is 40.3 Å². The minimum absolute atomic E-state index is 0.193. The van der Waals surface area contributed by atoms with Crippen LogP contribution in [0.3, 0.4) is 0 Å². The quantitative estimate of drug-likeness (QED) is 0.275. The van der Waals surface area contributed by atoms with Gasteiger partial charge in [0, 0.05) is 6.42 Å². The average molecular weight is 454 g/mol. The van der Waals surface area contributed by atoms with Gasteiger partial charge in [0.15, 0.2) is 0 Å². The van der Waals surface area contributed by atoms with Crippen LogP contribution in [0.15, 0.2) is 78.9 Å². The van der Waals surface area contributed by atoms with Crippen molar-refractivity contribution < 1.29 is 14.0 Å². The molecule has 1 aliphatic rings. The molecule has 0 unspecified atom stereocenters. The molecule has 1 aliphatic heterocycles. The molecule has 0 bridgehead atoms. The predicted molar refractivity (Wildman–Crippen MR) is 140 cm³/mol. The lowest BCUT2D eigenvalue weighted by atomic mass is 9.87. The molecule has 4 aromatic carbocycles. The zero-order valence-corrected chi connectivity index (χ0v) is 20.3. The Bertz CT molecular complexity index is 1260. The second-order valence-electron chi connectivity index (χ2n) is 10.1. The van der Waals surface area contributed by atoms with Gasteiger partial charge in [0.25, 0.3) is 0 Å². The smallest absolute Gasteiger partial charge is 0.410 e. The van der Waals surface area contributed by atoms with Crippen molar-refractivity contribution in [3.8, 4) is 11.1 Å². The number of carbonyl (C=O) groups excluding carboxylic acids is 1. The van der Waals surface area contributed by atoms with Crippen molar-refractivity contribution in [1.29, 1.82) is 0 Å². The van der Waals surface area contributed by atoms with E-state index in [4.69, 9.17) is 4.74 Å². The largest absolute Gasteiger partial charge is 0.446 e. The Kier molecular flexibility index (Phi) is 6.01. The molecule has 1 fully saturated rings. The first-order chi connectivity index (χ1) is 16.4. The fourth-order valence-electron chi connectivity index (χ4n) is 5.12. The highest BCUT2D eigenvalue weighted by Crippen LogP contribution is 2.39. The summed E-state index contributed by atoms with van der Waals surface area (Å²) >= 11 is 0. The van der Waals surface area contributed by atoms with Gasteiger partial charge in [-0.05, 0) is 45.2 Å². The highest BCUT2D eigenvalue weighted by molar-refractivity contribution is 6.15. The van der Waals surface area contributed by atoms with E-state index in [9.17, 15) is 4.79 Å². The standard InChI is InChI=1S/C30H33N2O2/c1-22(34-30(33)31-17-19-32(2,3)20-18-31)21-28-24-13-7-9-15-26(24)29(23-11-5-4-6-12-23)27-16-10-8-14-25(27)28/h4-16,22H,17-21H2,1-3H3/q+1/t22-/m0/s1. The van der Waals surface area contributed by atoms with Crippen molar-refractivity contribution in [2.45, 2.75) is 19.4 Å². The van der Waals surface area contributed by atoms with E-state index in [0.29, 0.717) is 6.42 Å². The molecule has 4 aromatic rings. The molecular weight excluding hydrogens is 420 g/mol. The van der Waals surface area contributed by atoms with Gasteiger partial charge in [0.2, 0.25) is 0 Å². The van der Waals surface area contributed by atoms with Crippen LogP contribution in [0.4, 0.5) is 4.79 Å². The number of likely N-dealkylation sites (N-methyl/N-ethyl adjacent to an activating group) is 1. The summed E-state index contributed by atoms with van der Waals surface area (Å²) in [6.07, 6.45) is 0.269. The lowest BCUT2D eigenvalue weighted by Gasteiger charge is -2.38. The number of quaternary nitrogens is 1. The van der Waals surface area contributed by atoms with Crippen LogP contribution < -0.4 is 0 Å². The number of nitrogens with zero attached hydrogens (tertiary/aromatic N) is 2. The van der Waals surface area contributed by atoms with E-state index in [-0.39, 0.29) is 12.2 Å². The lowest BCUT2D eigenvalue weighted by molar-refractivity contribution is -0.894. The molecule has 1 saturated heterocycles. The second kappa shape index (κ2) is 9.11. The summed E-state index contributed by atoms with van der Waals surface area (Å²) in [5.41, 5.74) is 3.71. The summed E-state index contributed by atoms with van der Waals surface area (Å²) < 4.78 is 6.90. The summed E-state index contributed by atoms with van der Waals surface area (Å²) in [6, 6.07) is 27.8. The van der Waals surface area contributed by atoms with Gasteiger partial charge >= 0.3 is 6.09 Å². The molecule has 4 nitrogen and oxygen atoms in total. The Morgan fingerprint density at radius 2 is 1.32 bits per heavy atom. The molecule has 4 heteroatoms. The number of hydrogen-bond acceptors (Lipinski definition) is 2. The van der Waals surface area contributed by atoms with E-state index < -0.39 is 0 Å². The number of fused-ring (bicyclic) bond motifs is 2. The van der Waals surface area contributed by atoms with Crippen LogP contribution in [0.2, 0.25) is 0 Å². The maximum Gasteiger partial charge on any atom is 0.410 e. The summed E-state index contributed by atoms with van der Waals surface area (Å²) in [6.45, 7) is 5.42. The number of rotatable bonds is 4. The number of benzene rings is 4. The lowest BCUT2D eigenvalue weighted by Crippen LogP contribution is -2.56. The van der Waals surface area contributed by atoms with Gasteiger partial charge in [-0.15, -0.1) is 0 Å². The molecule has 1 amide bonds. The molecule has 0 radical (unpaired) electrons. The van der Waals surface area contributed by atoms with Crippen LogP contribution in [0.1, 0.15) is 12.5 Å². The van der Waals surface area contributed by atoms with Crippen molar-refractivity contribution in [2.24, 2.45) is 0 Å². The van der Waals surface area contributed by atoms with E-state index >= 15 is 0 Å². The van der Waals surface area contributed by atoms with E-state index in [1.807, 2.05) is 11.8 Å². The van der Waals surface area contributed by atoms with Gasteiger partial charge in [-0.2, -0.15) is 0 Å². The third kappa shape index (κ3) is 4.38. The molecule has 0 aromatic heterocycles. The summed E-state index contributed by atoms with van der Waals surface area (Å²) in [7, 11) is 4.42. The number of amides is 1. The van der Waals surface area contributed by atoms with Crippen LogP contribution in [0, 0.1) is 0 Å². The molecule has 0 N–H and O–H groups in total. The van der Waals surface area contributed by atoms with Crippen LogP contribution >= 0.6 is 0 Å². The van der Waals surface area contributed by atoms with E-state index in [1.165, 1.54) is 38.2 Å². The molecule has 1 atom stereocenters.